The first kappa shape index (κ1) is 24.9. The van der Waals surface area contributed by atoms with Crippen LogP contribution in [0.1, 0.15) is 17.2 Å². The Morgan fingerprint density at radius 1 is 0.949 bits per heavy atom. The molecule has 200 valence electrons. The van der Waals surface area contributed by atoms with E-state index in [-0.39, 0.29) is 0 Å². The molecular formula is C30H29N3O6. The SMILES string of the molecule is COC(=O)C1(c2ccccc2)NC(c2ccc(N(C)C)cc2)C2C(=O)N(c3ccc4c(c3)OCCO4)C(=O)C21. The molecule has 0 aliphatic carbocycles. The van der Waals surface area contributed by atoms with Gasteiger partial charge in [-0.1, -0.05) is 42.5 Å². The van der Waals surface area contributed by atoms with E-state index in [1.165, 1.54) is 12.0 Å². The van der Waals surface area contributed by atoms with Gasteiger partial charge in [0.25, 0.3) is 0 Å². The molecule has 0 saturated carbocycles. The third kappa shape index (κ3) is 3.76. The molecule has 3 aromatic carbocycles. The van der Waals surface area contributed by atoms with Gasteiger partial charge in [0.2, 0.25) is 11.8 Å². The molecule has 0 bridgehead atoms. The number of anilines is 2. The summed E-state index contributed by atoms with van der Waals surface area (Å²) in [7, 11) is 5.19. The number of ether oxygens (including phenoxy) is 3. The molecule has 2 amide bonds. The second-order valence-corrected chi connectivity index (χ2v) is 10.1. The van der Waals surface area contributed by atoms with Crippen LogP contribution < -0.4 is 24.6 Å². The van der Waals surface area contributed by atoms with Crippen LogP contribution in [0.4, 0.5) is 11.4 Å². The molecule has 0 aromatic heterocycles. The minimum atomic E-state index is -1.57. The third-order valence-corrected chi connectivity index (χ3v) is 7.85. The molecule has 0 spiro atoms. The van der Waals surface area contributed by atoms with Crippen LogP contribution in [0.25, 0.3) is 0 Å². The molecule has 9 heteroatoms. The first-order valence-corrected chi connectivity index (χ1v) is 12.8. The molecule has 9 nitrogen and oxygen atoms in total. The van der Waals surface area contributed by atoms with Crippen LogP contribution in [0.2, 0.25) is 0 Å². The predicted octanol–water partition coefficient (Wildman–Crippen LogP) is 3.04. The van der Waals surface area contributed by atoms with Gasteiger partial charge in [-0.15, -0.1) is 0 Å². The average Bonchev–Trinajstić information content (AvgIpc) is 3.46. The molecule has 3 aromatic rings. The maximum absolute atomic E-state index is 14.3. The number of nitrogens with one attached hydrogen (secondary N) is 1. The van der Waals surface area contributed by atoms with E-state index in [4.69, 9.17) is 14.2 Å². The lowest BCUT2D eigenvalue weighted by Crippen LogP contribution is -2.53. The van der Waals surface area contributed by atoms with Crippen molar-refractivity contribution in [2.75, 3.05) is 44.2 Å². The van der Waals surface area contributed by atoms with Gasteiger partial charge in [-0.05, 0) is 35.4 Å². The van der Waals surface area contributed by atoms with E-state index in [1.807, 2.05) is 49.3 Å². The highest BCUT2D eigenvalue weighted by Crippen LogP contribution is 2.54. The number of amides is 2. The quantitative estimate of drug-likeness (QED) is 0.400. The molecule has 39 heavy (non-hydrogen) atoms. The highest BCUT2D eigenvalue weighted by Gasteiger charge is 2.69. The third-order valence-electron chi connectivity index (χ3n) is 7.85. The van der Waals surface area contributed by atoms with Gasteiger partial charge in [0.15, 0.2) is 17.0 Å². The van der Waals surface area contributed by atoms with Crippen molar-refractivity contribution in [3.63, 3.8) is 0 Å². The van der Waals surface area contributed by atoms with Crippen LogP contribution in [0.3, 0.4) is 0 Å². The van der Waals surface area contributed by atoms with E-state index in [0.717, 1.165) is 11.3 Å². The number of carbonyl (C=O) groups is 3. The van der Waals surface area contributed by atoms with Crippen molar-refractivity contribution in [3.8, 4) is 11.5 Å². The zero-order valence-electron chi connectivity index (χ0n) is 21.9. The monoisotopic (exact) mass is 527 g/mol. The van der Waals surface area contributed by atoms with Crippen molar-refractivity contribution in [3.05, 3.63) is 83.9 Å². The number of carbonyl (C=O) groups excluding carboxylic acids is 3. The van der Waals surface area contributed by atoms with Crippen LogP contribution in [0.15, 0.2) is 72.8 Å². The van der Waals surface area contributed by atoms with Crippen molar-refractivity contribution in [1.82, 2.24) is 5.32 Å². The van der Waals surface area contributed by atoms with Gasteiger partial charge in [0.05, 0.1) is 24.6 Å². The Morgan fingerprint density at radius 2 is 1.64 bits per heavy atom. The van der Waals surface area contributed by atoms with Crippen LogP contribution in [-0.2, 0) is 24.7 Å². The van der Waals surface area contributed by atoms with Crippen molar-refractivity contribution >= 4 is 29.2 Å². The fourth-order valence-corrected chi connectivity index (χ4v) is 6.03. The Kier molecular flexibility index (Phi) is 6.03. The minimum Gasteiger partial charge on any atom is -0.486 e. The summed E-state index contributed by atoms with van der Waals surface area (Å²) in [5.74, 6) is -2.36. The first-order valence-electron chi connectivity index (χ1n) is 12.8. The van der Waals surface area contributed by atoms with E-state index in [2.05, 4.69) is 5.32 Å². The van der Waals surface area contributed by atoms with Gasteiger partial charge < -0.3 is 19.1 Å². The molecule has 3 heterocycles. The van der Waals surface area contributed by atoms with Gasteiger partial charge >= 0.3 is 5.97 Å². The molecule has 2 saturated heterocycles. The normalized spacial score (nSPS) is 25.4. The summed E-state index contributed by atoms with van der Waals surface area (Å²) in [6.07, 6.45) is 0. The second kappa shape index (κ2) is 9.43. The lowest BCUT2D eigenvalue weighted by Gasteiger charge is -2.33. The lowest BCUT2D eigenvalue weighted by molar-refractivity contribution is -0.152. The summed E-state index contributed by atoms with van der Waals surface area (Å²) in [5.41, 5.74) is 1.15. The molecule has 3 aliphatic heterocycles. The molecule has 2 fully saturated rings. The molecule has 0 radical (unpaired) electrons. The van der Waals surface area contributed by atoms with E-state index in [9.17, 15) is 14.4 Å². The van der Waals surface area contributed by atoms with Crippen LogP contribution >= 0.6 is 0 Å². The fourth-order valence-electron chi connectivity index (χ4n) is 6.03. The zero-order chi connectivity index (χ0) is 27.3. The number of hydrogen-bond acceptors (Lipinski definition) is 8. The Bertz CT molecular complexity index is 1440. The fraction of sp³-hybridized carbons (Fsp3) is 0.300. The Hall–Kier alpha value is -4.37. The first-order chi connectivity index (χ1) is 18.9. The number of nitrogens with zero attached hydrogens (tertiary/aromatic N) is 2. The lowest BCUT2D eigenvalue weighted by atomic mass is 9.75. The van der Waals surface area contributed by atoms with E-state index in [1.54, 1.807) is 42.5 Å². The predicted molar refractivity (Wildman–Crippen MR) is 144 cm³/mol. The van der Waals surface area contributed by atoms with E-state index >= 15 is 0 Å². The highest BCUT2D eigenvalue weighted by molar-refractivity contribution is 6.24. The second-order valence-electron chi connectivity index (χ2n) is 10.1. The molecule has 4 atom stereocenters. The Labute approximate surface area is 226 Å². The standard InChI is InChI=1S/C30H29N3O6/c1-32(2)20-11-9-18(10-12-20)26-24-25(30(31-26,29(36)37-3)19-7-5-4-6-8-19)28(35)33(27(24)34)21-13-14-22-23(17-21)39-16-15-38-22/h4-14,17,24-26,31H,15-16H2,1-3H3. The summed E-state index contributed by atoms with van der Waals surface area (Å²) in [5, 5.41) is 3.42. The molecular weight excluding hydrogens is 498 g/mol. The Balaban J connectivity index is 1.51. The molecule has 3 aliphatic rings. The maximum atomic E-state index is 14.3. The van der Waals surface area contributed by atoms with E-state index < -0.39 is 41.2 Å². The molecule has 6 rings (SSSR count). The summed E-state index contributed by atoms with van der Waals surface area (Å²) >= 11 is 0. The van der Waals surface area contributed by atoms with Crippen molar-refractivity contribution in [1.29, 1.82) is 0 Å². The zero-order valence-corrected chi connectivity index (χ0v) is 21.9. The number of benzene rings is 3. The van der Waals surface area contributed by atoms with Crippen LogP contribution in [0.5, 0.6) is 11.5 Å². The highest BCUT2D eigenvalue weighted by atomic mass is 16.6. The summed E-state index contributed by atoms with van der Waals surface area (Å²) in [6.45, 7) is 0.800. The van der Waals surface area contributed by atoms with Crippen molar-refractivity contribution in [2.24, 2.45) is 11.8 Å². The number of methoxy groups -OCH3 is 1. The largest absolute Gasteiger partial charge is 0.486 e. The maximum Gasteiger partial charge on any atom is 0.331 e. The summed E-state index contributed by atoms with van der Waals surface area (Å²) in [4.78, 5) is 45.3. The van der Waals surface area contributed by atoms with Crippen molar-refractivity contribution in [2.45, 2.75) is 11.6 Å². The smallest absolute Gasteiger partial charge is 0.331 e. The van der Waals surface area contributed by atoms with Crippen molar-refractivity contribution < 1.29 is 28.6 Å². The number of hydrogen-bond donors (Lipinski definition) is 1. The van der Waals surface area contributed by atoms with Crippen LogP contribution in [-0.4, -0.2) is 52.2 Å². The van der Waals surface area contributed by atoms with Gasteiger partial charge in [-0.2, -0.15) is 0 Å². The molecule has 1 N–H and O–H groups in total. The van der Waals surface area contributed by atoms with Crippen LogP contribution in [0, 0.1) is 11.8 Å². The Morgan fingerprint density at radius 3 is 2.31 bits per heavy atom. The van der Waals surface area contributed by atoms with Gasteiger partial charge in [-0.25, -0.2) is 9.69 Å². The van der Waals surface area contributed by atoms with Gasteiger partial charge in [-0.3, -0.25) is 14.9 Å². The number of rotatable bonds is 5. The number of esters is 1. The number of fused-ring (bicyclic) bond motifs is 2. The van der Waals surface area contributed by atoms with E-state index in [0.29, 0.717) is 36.0 Å². The minimum absolute atomic E-state index is 0.372. The number of imide groups is 1. The van der Waals surface area contributed by atoms with Gasteiger partial charge in [0.1, 0.15) is 13.2 Å². The topological polar surface area (TPSA) is 97.4 Å². The molecule has 4 unspecified atom stereocenters. The average molecular weight is 528 g/mol. The van der Waals surface area contributed by atoms with Gasteiger partial charge in [0, 0.05) is 31.9 Å². The summed E-state index contributed by atoms with van der Waals surface area (Å²) in [6, 6.07) is 21.1. The summed E-state index contributed by atoms with van der Waals surface area (Å²) < 4.78 is 16.6.